The summed E-state index contributed by atoms with van der Waals surface area (Å²) in [6.45, 7) is 3.18. The van der Waals surface area contributed by atoms with E-state index in [9.17, 15) is 4.79 Å². The van der Waals surface area contributed by atoms with E-state index < -0.39 is 0 Å². The Hall–Kier alpha value is -1.85. The minimum absolute atomic E-state index is 0. The first-order valence-electron chi connectivity index (χ1n) is 9.30. The van der Waals surface area contributed by atoms with Crippen LogP contribution in [0.2, 0.25) is 0 Å². The number of hydrogen-bond donors (Lipinski definition) is 2. The molecule has 1 saturated heterocycles. The normalized spacial score (nSPS) is 24.5. The third kappa shape index (κ3) is 3.79. The number of amides is 1. The summed E-state index contributed by atoms with van der Waals surface area (Å²) in [7, 11) is 0. The zero-order chi connectivity index (χ0) is 17.1. The maximum absolute atomic E-state index is 13.0. The summed E-state index contributed by atoms with van der Waals surface area (Å²) in [5.41, 5.74) is 2.17. The van der Waals surface area contributed by atoms with Crippen LogP contribution in [0.4, 0.5) is 0 Å². The quantitative estimate of drug-likeness (QED) is 0.846. The fraction of sp³-hybridized carbons (Fsp3) is 0.500. The first kappa shape index (κ1) is 18.9. The van der Waals surface area contributed by atoms with Gasteiger partial charge in [-0.1, -0.05) is 37.1 Å². The summed E-state index contributed by atoms with van der Waals surface area (Å²) in [6.07, 6.45) is 8.39. The van der Waals surface area contributed by atoms with Crippen molar-refractivity contribution in [3.63, 3.8) is 0 Å². The second-order valence-corrected chi connectivity index (χ2v) is 7.44. The van der Waals surface area contributed by atoms with Crippen LogP contribution in [-0.2, 0) is 17.9 Å². The van der Waals surface area contributed by atoms with Crippen molar-refractivity contribution in [1.29, 1.82) is 0 Å². The first-order valence-corrected chi connectivity index (χ1v) is 9.30. The van der Waals surface area contributed by atoms with Crippen LogP contribution < -0.4 is 10.6 Å². The van der Waals surface area contributed by atoms with Gasteiger partial charge in [-0.3, -0.25) is 9.48 Å². The lowest BCUT2D eigenvalue weighted by atomic mass is 9.67. The molecule has 0 unspecified atom stereocenters. The summed E-state index contributed by atoms with van der Waals surface area (Å²) >= 11 is 0. The molecule has 2 N–H and O–H groups in total. The fourth-order valence-electron chi connectivity index (χ4n) is 4.47. The van der Waals surface area contributed by atoms with E-state index in [0.717, 1.165) is 31.6 Å². The number of hydrogen-bond acceptors (Lipinski definition) is 3. The molecule has 1 amide bonds. The van der Waals surface area contributed by atoms with Gasteiger partial charge in [0, 0.05) is 25.5 Å². The Morgan fingerprint density at radius 2 is 2.19 bits per heavy atom. The zero-order valence-corrected chi connectivity index (χ0v) is 15.8. The van der Waals surface area contributed by atoms with Gasteiger partial charge in [0.1, 0.15) is 0 Å². The minimum atomic E-state index is -0.176. The molecule has 1 aromatic carbocycles. The van der Waals surface area contributed by atoms with Crippen LogP contribution in [-0.4, -0.2) is 28.8 Å². The van der Waals surface area contributed by atoms with Gasteiger partial charge in [-0.15, -0.1) is 12.4 Å². The number of carbonyl (C=O) groups excluding carboxylic acids is 1. The maximum atomic E-state index is 13.0. The number of carbonyl (C=O) groups is 1. The highest BCUT2D eigenvalue weighted by atomic mass is 35.5. The van der Waals surface area contributed by atoms with Crippen molar-refractivity contribution in [3.05, 3.63) is 53.9 Å². The lowest BCUT2D eigenvalue weighted by Crippen LogP contribution is -2.47. The highest BCUT2D eigenvalue weighted by molar-refractivity contribution is 5.85. The molecule has 1 saturated carbocycles. The van der Waals surface area contributed by atoms with E-state index in [-0.39, 0.29) is 23.7 Å². The van der Waals surface area contributed by atoms with Crippen LogP contribution in [0.1, 0.15) is 36.8 Å². The van der Waals surface area contributed by atoms with Crippen molar-refractivity contribution in [1.82, 2.24) is 20.4 Å². The van der Waals surface area contributed by atoms with Crippen LogP contribution in [0, 0.1) is 11.3 Å². The van der Waals surface area contributed by atoms with Crippen LogP contribution in [0.25, 0.3) is 0 Å². The molecule has 0 radical (unpaired) electrons. The molecule has 2 heterocycles. The number of halogens is 1. The second kappa shape index (κ2) is 8.23. The van der Waals surface area contributed by atoms with E-state index in [1.54, 1.807) is 6.20 Å². The molecule has 1 aromatic heterocycles. The number of benzene rings is 1. The van der Waals surface area contributed by atoms with Crippen molar-refractivity contribution >= 4 is 18.3 Å². The van der Waals surface area contributed by atoms with Crippen molar-refractivity contribution < 1.29 is 4.79 Å². The van der Waals surface area contributed by atoms with E-state index in [1.165, 1.54) is 24.8 Å². The topological polar surface area (TPSA) is 59.0 Å². The average Bonchev–Trinajstić information content (AvgIpc) is 3.30. The summed E-state index contributed by atoms with van der Waals surface area (Å²) in [5.74, 6) is 0.743. The van der Waals surface area contributed by atoms with Gasteiger partial charge in [-0.25, -0.2) is 0 Å². The number of nitrogens with one attached hydrogen (secondary N) is 2. The molecule has 2 fully saturated rings. The summed E-state index contributed by atoms with van der Waals surface area (Å²) in [5, 5.41) is 10.9. The molecule has 140 valence electrons. The Bertz CT molecular complexity index is 733. The molecule has 1 aliphatic heterocycles. The highest BCUT2D eigenvalue weighted by Gasteiger charge is 2.49. The Morgan fingerprint density at radius 3 is 3.04 bits per heavy atom. The molecule has 26 heavy (non-hydrogen) atoms. The predicted molar refractivity (Wildman–Crippen MR) is 104 cm³/mol. The van der Waals surface area contributed by atoms with Crippen molar-refractivity contribution in [2.24, 2.45) is 11.3 Å². The molecule has 2 atom stereocenters. The monoisotopic (exact) mass is 374 g/mol. The molecule has 4 rings (SSSR count). The maximum Gasteiger partial charge on any atom is 0.228 e. The molecule has 5 nitrogen and oxygen atoms in total. The van der Waals surface area contributed by atoms with E-state index in [0.29, 0.717) is 12.5 Å². The molecule has 2 aliphatic rings. The van der Waals surface area contributed by atoms with Crippen molar-refractivity contribution in [2.75, 3.05) is 13.1 Å². The van der Waals surface area contributed by atoms with Gasteiger partial charge in [0.25, 0.3) is 0 Å². The Balaban J connectivity index is 0.00000196. The molecular weight excluding hydrogens is 348 g/mol. The smallest absolute Gasteiger partial charge is 0.228 e. The molecule has 0 bridgehead atoms. The van der Waals surface area contributed by atoms with Gasteiger partial charge in [0.2, 0.25) is 5.91 Å². The van der Waals surface area contributed by atoms with Crippen LogP contribution in [0.5, 0.6) is 0 Å². The summed E-state index contributed by atoms with van der Waals surface area (Å²) < 4.78 is 1.91. The van der Waals surface area contributed by atoms with E-state index in [4.69, 9.17) is 0 Å². The van der Waals surface area contributed by atoms with Crippen molar-refractivity contribution in [2.45, 2.75) is 38.8 Å². The SMILES string of the molecule is Cl.O=C(NCc1cccc(Cn2cccn2)c1)[C@@]12CCCC[C@H]1CNC2. The fourth-order valence-corrected chi connectivity index (χ4v) is 4.47. The number of aromatic nitrogens is 2. The summed E-state index contributed by atoms with van der Waals surface area (Å²) in [6, 6.07) is 10.3. The standard InChI is InChI=1S/C20H26N4O.ClH/c25-19(20-8-2-1-7-18(20)13-21-15-20)22-12-16-5-3-6-17(11-16)14-24-10-4-9-23-24;/h3-6,9-11,18,21H,1-2,7-8,12-15H2,(H,22,25);1H/t18-,20+;/m0./s1. The van der Waals surface area contributed by atoms with Crippen molar-refractivity contribution in [3.8, 4) is 0 Å². The second-order valence-electron chi connectivity index (χ2n) is 7.44. The first-order chi connectivity index (χ1) is 12.3. The lowest BCUT2D eigenvalue weighted by molar-refractivity contribution is -0.134. The Kier molecular flexibility index (Phi) is 5.99. The van der Waals surface area contributed by atoms with Crippen LogP contribution >= 0.6 is 12.4 Å². The number of fused-ring (bicyclic) bond motifs is 1. The van der Waals surface area contributed by atoms with E-state index in [2.05, 4.69) is 40.0 Å². The number of rotatable bonds is 5. The summed E-state index contributed by atoms with van der Waals surface area (Å²) in [4.78, 5) is 13.0. The van der Waals surface area contributed by atoms with Gasteiger partial charge in [-0.2, -0.15) is 5.10 Å². The Labute approximate surface area is 161 Å². The van der Waals surface area contributed by atoms with Gasteiger partial charge in [0.15, 0.2) is 0 Å². The molecule has 6 heteroatoms. The van der Waals surface area contributed by atoms with E-state index in [1.807, 2.05) is 16.9 Å². The zero-order valence-electron chi connectivity index (χ0n) is 15.0. The third-order valence-corrected chi connectivity index (χ3v) is 5.84. The highest BCUT2D eigenvalue weighted by Crippen LogP contribution is 2.43. The number of nitrogens with zero attached hydrogens (tertiary/aromatic N) is 2. The third-order valence-electron chi connectivity index (χ3n) is 5.84. The molecule has 0 spiro atoms. The van der Waals surface area contributed by atoms with Gasteiger partial charge in [-0.05, 0) is 42.5 Å². The molecule has 2 aromatic rings. The van der Waals surface area contributed by atoms with Crippen LogP contribution in [0.3, 0.4) is 0 Å². The molecule has 1 aliphatic carbocycles. The van der Waals surface area contributed by atoms with Gasteiger partial charge >= 0.3 is 0 Å². The molecular formula is C20H27ClN4O. The average molecular weight is 375 g/mol. The largest absolute Gasteiger partial charge is 0.351 e. The van der Waals surface area contributed by atoms with Gasteiger partial charge in [0.05, 0.1) is 12.0 Å². The predicted octanol–water partition coefficient (Wildman–Crippen LogP) is 2.75. The van der Waals surface area contributed by atoms with E-state index >= 15 is 0 Å². The minimum Gasteiger partial charge on any atom is -0.351 e. The Morgan fingerprint density at radius 1 is 1.31 bits per heavy atom. The van der Waals surface area contributed by atoms with Gasteiger partial charge < -0.3 is 10.6 Å². The van der Waals surface area contributed by atoms with Crippen LogP contribution in [0.15, 0.2) is 42.7 Å². The lowest BCUT2D eigenvalue weighted by Gasteiger charge is -2.37.